The molecular formula is C15H23FN2. The Balaban J connectivity index is 2.28. The number of nitrogens with one attached hydrogen (secondary N) is 1. The molecule has 2 unspecified atom stereocenters. The Kier molecular flexibility index (Phi) is 4.72. The first-order valence-electron chi connectivity index (χ1n) is 6.82. The zero-order valence-electron chi connectivity index (χ0n) is 11.3. The molecule has 0 bridgehead atoms. The molecule has 1 fully saturated rings. The Morgan fingerprint density at radius 3 is 2.94 bits per heavy atom. The van der Waals surface area contributed by atoms with Crippen molar-refractivity contribution in [2.45, 2.75) is 25.3 Å². The van der Waals surface area contributed by atoms with E-state index in [9.17, 15) is 4.39 Å². The van der Waals surface area contributed by atoms with Crippen molar-refractivity contribution < 1.29 is 4.39 Å². The summed E-state index contributed by atoms with van der Waals surface area (Å²) in [5, 5.41) is 3.28. The highest BCUT2D eigenvalue weighted by molar-refractivity contribution is 5.21. The number of hydrogen-bond acceptors (Lipinski definition) is 2. The third-order valence-corrected chi connectivity index (χ3v) is 3.91. The zero-order valence-corrected chi connectivity index (χ0v) is 11.3. The molecular weight excluding hydrogens is 227 g/mol. The van der Waals surface area contributed by atoms with E-state index in [1.54, 1.807) is 6.07 Å². The predicted molar refractivity (Wildman–Crippen MR) is 73.0 cm³/mol. The molecule has 0 aromatic heterocycles. The van der Waals surface area contributed by atoms with Gasteiger partial charge in [0.15, 0.2) is 0 Å². The van der Waals surface area contributed by atoms with Gasteiger partial charge in [0.2, 0.25) is 0 Å². The first-order chi connectivity index (χ1) is 8.72. The van der Waals surface area contributed by atoms with Crippen molar-refractivity contribution in [3.63, 3.8) is 0 Å². The quantitative estimate of drug-likeness (QED) is 0.887. The van der Waals surface area contributed by atoms with Crippen LogP contribution in [-0.2, 0) is 0 Å². The summed E-state index contributed by atoms with van der Waals surface area (Å²) in [6, 6.07) is 7.41. The minimum atomic E-state index is -0.131. The van der Waals surface area contributed by atoms with Crippen molar-refractivity contribution in [3.05, 3.63) is 35.6 Å². The normalized spacial score (nSPS) is 25.9. The largest absolute Gasteiger partial charge is 0.319 e. The van der Waals surface area contributed by atoms with E-state index >= 15 is 0 Å². The highest BCUT2D eigenvalue weighted by atomic mass is 19.1. The van der Waals surface area contributed by atoms with E-state index in [2.05, 4.69) is 23.3 Å². The van der Waals surface area contributed by atoms with E-state index in [4.69, 9.17) is 0 Å². The van der Waals surface area contributed by atoms with E-state index in [0.29, 0.717) is 12.0 Å². The lowest BCUT2D eigenvalue weighted by Gasteiger charge is -2.32. The average Bonchev–Trinajstić information content (AvgIpc) is 2.52. The summed E-state index contributed by atoms with van der Waals surface area (Å²) in [6.07, 6.45) is 3.72. The van der Waals surface area contributed by atoms with Crippen LogP contribution in [0.3, 0.4) is 0 Å². The summed E-state index contributed by atoms with van der Waals surface area (Å²) in [4.78, 5) is 2.38. The number of benzene rings is 1. The van der Waals surface area contributed by atoms with Gasteiger partial charge in [-0.3, -0.25) is 4.90 Å². The Hall–Kier alpha value is -0.930. The fraction of sp³-hybridized carbons (Fsp3) is 0.600. The fourth-order valence-electron chi connectivity index (χ4n) is 3.12. The summed E-state index contributed by atoms with van der Waals surface area (Å²) in [5.74, 6) is 0.428. The molecule has 1 aromatic rings. The third kappa shape index (κ3) is 3.09. The molecule has 0 aliphatic carbocycles. The van der Waals surface area contributed by atoms with Gasteiger partial charge in [-0.25, -0.2) is 4.39 Å². The summed E-state index contributed by atoms with van der Waals surface area (Å²) < 4.78 is 13.4. The molecule has 2 atom stereocenters. The molecule has 1 saturated heterocycles. The van der Waals surface area contributed by atoms with Gasteiger partial charge in [0.05, 0.1) is 0 Å². The lowest BCUT2D eigenvalue weighted by Crippen LogP contribution is -2.34. The fourth-order valence-corrected chi connectivity index (χ4v) is 3.12. The maximum absolute atomic E-state index is 13.4. The molecule has 1 aliphatic heterocycles. The van der Waals surface area contributed by atoms with Gasteiger partial charge in [-0.15, -0.1) is 0 Å². The average molecular weight is 250 g/mol. The number of rotatable bonds is 3. The molecule has 1 N–H and O–H groups in total. The molecule has 1 aliphatic rings. The maximum atomic E-state index is 13.4. The van der Waals surface area contributed by atoms with Gasteiger partial charge < -0.3 is 5.32 Å². The van der Waals surface area contributed by atoms with Crippen LogP contribution in [0.1, 0.15) is 30.9 Å². The van der Waals surface area contributed by atoms with Crippen molar-refractivity contribution in [2.75, 3.05) is 27.2 Å². The Morgan fingerprint density at radius 2 is 2.22 bits per heavy atom. The zero-order chi connectivity index (χ0) is 13.0. The van der Waals surface area contributed by atoms with Crippen molar-refractivity contribution in [1.82, 2.24) is 10.2 Å². The number of hydrogen-bond donors (Lipinski definition) is 1. The number of nitrogens with zero attached hydrogens (tertiary/aromatic N) is 1. The van der Waals surface area contributed by atoms with Gasteiger partial charge in [-0.2, -0.15) is 0 Å². The van der Waals surface area contributed by atoms with Crippen LogP contribution in [0.25, 0.3) is 0 Å². The van der Waals surface area contributed by atoms with Crippen LogP contribution < -0.4 is 5.32 Å². The molecule has 18 heavy (non-hydrogen) atoms. The molecule has 0 radical (unpaired) electrons. The second-order valence-corrected chi connectivity index (χ2v) is 5.29. The number of likely N-dealkylation sites (tertiary alicyclic amines) is 1. The van der Waals surface area contributed by atoms with Gasteiger partial charge in [-0.1, -0.05) is 18.6 Å². The van der Waals surface area contributed by atoms with Crippen molar-refractivity contribution in [3.8, 4) is 0 Å². The van der Waals surface area contributed by atoms with Crippen molar-refractivity contribution >= 4 is 0 Å². The third-order valence-electron chi connectivity index (χ3n) is 3.91. The van der Waals surface area contributed by atoms with E-state index in [1.165, 1.54) is 25.3 Å². The van der Waals surface area contributed by atoms with Gasteiger partial charge in [0, 0.05) is 6.04 Å². The van der Waals surface area contributed by atoms with Crippen LogP contribution in [-0.4, -0.2) is 32.1 Å². The molecule has 2 rings (SSSR count). The topological polar surface area (TPSA) is 15.3 Å². The molecule has 1 aromatic carbocycles. The summed E-state index contributed by atoms with van der Waals surface area (Å²) >= 11 is 0. The van der Waals surface area contributed by atoms with Crippen molar-refractivity contribution in [1.29, 1.82) is 0 Å². The van der Waals surface area contributed by atoms with Crippen LogP contribution in [0.4, 0.5) is 4.39 Å². The van der Waals surface area contributed by atoms with Gasteiger partial charge in [0.25, 0.3) is 0 Å². The van der Waals surface area contributed by atoms with Crippen molar-refractivity contribution in [2.24, 2.45) is 5.92 Å². The van der Waals surface area contributed by atoms with Crippen LogP contribution >= 0.6 is 0 Å². The predicted octanol–water partition coefficient (Wildman–Crippen LogP) is 2.82. The number of halogens is 1. The molecule has 2 nitrogen and oxygen atoms in total. The molecule has 3 heteroatoms. The maximum Gasteiger partial charge on any atom is 0.123 e. The lowest BCUT2D eigenvalue weighted by molar-refractivity contribution is 0.190. The van der Waals surface area contributed by atoms with Crippen LogP contribution in [0.2, 0.25) is 0 Å². The highest BCUT2D eigenvalue weighted by Gasteiger charge is 2.28. The summed E-state index contributed by atoms with van der Waals surface area (Å²) in [5.41, 5.74) is 1.11. The standard InChI is InChI=1S/C15H23FN2/c1-17-11-13-6-3-4-9-18(2)15(13)12-7-5-8-14(16)10-12/h5,7-8,10,13,15,17H,3-4,6,9,11H2,1-2H3. The molecule has 0 amide bonds. The van der Waals surface area contributed by atoms with Gasteiger partial charge in [-0.05, 0) is 63.6 Å². The second-order valence-electron chi connectivity index (χ2n) is 5.29. The van der Waals surface area contributed by atoms with Crippen LogP contribution in [0.15, 0.2) is 24.3 Å². The molecule has 0 saturated carbocycles. The Bertz CT molecular complexity index is 381. The first kappa shape index (κ1) is 13.5. The molecule has 0 spiro atoms. The second kappa shape index (κ2) is 6.30. The minimum Gasteiger partial charge on any atom is -0.319 e. The molecule has 100 valence electrons. The van der Waals surface area contributed by atoms with Crippen LogP contribution in [0.5, 0.6) is 0 Å². The Labute approximate surface area is 109 Å². The Morgan fingerprint density at radius 1 is 1.39 bits per heavy atom. The lowest BCUT2D eigenvalue weighted by atomic mass is 9.89. The minimum absolute atomic E-state index is 0.131. The van der Waals surface area contributed by atoms with E-state index in [1.807, 2.05) is 13.1 Å². The molecule has 1 heterocycles. The SMILES string of the molecule is CNCC1CCCCN(C)C1c1cccc(F)c1. The van der Waals surface area contributed by atoms with E-state index in [-0.39, 0.29) is 5.82 Å². The highest BCUT2D eigenvalue weighted by Crippen LogP contribution is 2.33. The smallest absolute Gasteiger partial charge is 0.123 e. The van der Waals surface area contributed by atoms with Crippen LogP contribution in [0, 0.1) is 11.7 Å². The van der Waals surface area contributed by atoms with Gasteiger partial charge in [0.1, 0.15) is 5.82 Å². The monoisotopic (exact) mass is 250 g/mol. The van der Waals surface area contributed by atoms with E-state index < -0.39 is 0 Å². The summed E-state index contributed by atoms with van der Waals surface area (Å²) in [6.45, 7) is 2.09. The van der Waals surface area contributed by atoms with E-state index in [0.717, 1.165) is 18.7 Å². The van der Waals surface area contributed by atoms with Gasteiger partial charge >= 0.3 is 0 Å². The first-order valence-corrected chi connectivity index (χ1v) is 6.82. The summed E-state index contributed by atoms with van der Waals surface area (Å²) in [7, 11) is 4.15.